The molecule has 1 saturated carbocycles. The Morgan fingerprint density at radius 3 is 2.68 bits per heavy atom. The van der Waals surface area contributed by atoms with Gasteiger partial charge < -0.3 is 14.4 Å². The number of hydrogen-bond donors (Lipinski definition) is 1. The van der Waals surface area contributed by atoms with Crippen molar-refractivity contribution in [1.82, 2.24) is 4.57 Å². The molecule has 0 unspecified atom stereocenters. The first-order chi connectivity index (χ1) is 10.6. The van der Waals surface area contributed by atoms with E-state index in [-0.39, 0.29) is 17.7 Å². The molecule has 0 radical (unpaired) electrons. The van der Waals surface area contributed by atoms with Gasteiger partial charge in [-0.2, -0.15) is 0 Å². The summed E-state index contributed by atoms with van der Waals surface area (Å²) in [7, 11) is 0. The van der Waals surface area contributed by atoms with Gasteiger partial charge in [-0.05, 0) is 57.4 Å². The zero-order valence-electron chi connectivity index (χ0n) is 13.6. The molecule has 0 amide bonds. The van der Waals surface area contributed by atoms with Crippen LogP contribution in [-0.2, 0) is 11.2 Å². The smallest absolute Gasteiger partial charge is 0.254 e. The minimum absolute atomic E-state index is 0.0158. The fourth-order valence-corrected chi connectivity index (χ4v) is 3.74. The third-order valence-electron chi connectivity index (χ3n) is 5.33. The van der Waals surface area contributed by atoms with E-state index in [2.05, 4.69) is 6.92 Å². The van der Waals surface area contributed by atoms with Gasteiger partial charge in [-0.15, -0.1) is 0 Å². The highest BCUT2D eigenvalue weighted by Gasteiger charge is 2.30. The lowest BCUT2D eigenvalue weighted by Gasteiger charge is -2.34. The minimum Gasteiger partial charge on any atom is -0.391 e. The van der Waals surface area contributed by atoms with Crippen molar-refractivity contribution in [3.63, 3.8) is 0 Å². The molecule has 1 N–H and O–H groups in total. The summed E-state index contributed by atoms with van der Waals surface area (Å²) in [6.45, 7) is 4.56. The second-order valence-electron chi connectivity index (χ2n) is 7.07. The number of hydrogen-bond acceptors (Lipinski definition) is 3. The number of aryl methyl sites for hydroxylation is 2. The molecule has 2 aliphatic rings. The average molecular weight is 305 g/mol. The Hall–Kier alpha value is -1.13. The molecule has 22 heavy (non-hydrogen) atoms. The molecule has 1 aliphatic carbocycles. The number of rotatable bonds is 3. The first kappa shape index (κ1) is 15.8. The van der Waals surface area contributed by atoms with Crippen LogP contribution in [0.3, 0.4) is 0 Å². The van der Waals surface area contributed by atoms with Crippen molar-refractivity contribution < 1.29 is 9.84 Å². The Morgan fingerprint density at radius 2 is 1.95 bits per heavy atom. The van der Waals surface area contributed by atoms with Gasteiger partial charge in [-0.3, -0.25) is 4.79 Å². The SMILES string of the molecule is Cc1ccc2n(c1=O)[C@@H](COC1CCC(C)CC1)[C@@H](O)CC2. The molecule has 4 nitrogen and oxygen atoms in total. The van der Waals surface area contributed by atoms with Crippen molar-refractivity contribution in [2.75, 3.05) is 6.61 Å². The standard InChI is InChI=1S/C18H27NO3/c1-12-3-8-15(9-4-12)22-11-16-17(20)10-7-14-6-5-13(2)18(21)19(14)16/h5-6,12,15-17,20H,3-4,7-11H2,1-2H3/t12?,15?,16-,17-/m0/s1. The lowest BCUT2D eigenvalue weighted by atomic mass is 9.89. The number of pyridine rings is 1. The molecule has 4 heteroatoms. The third kappa shape index (κ3) is 3.13. The van der Waals surface area contributed by atoms with Gasteiger partial charge in [0.15, 0.2) is 0 Å². The molecule has 2 atom stereocenters. The summed E-state index contributed by atoms with van der Waals surface area (Å²) in [5.74, 6) is 0.797. The van der Waals surface area contributed by atoms with E-state index in [1.54, 1.807) is 4.57 Å². The highest BCUT2D eigenvalue weighted by atomic mass is 16.5. The summed E-state index contributed by atoms with van der Waals surface area (Å²) in [6, 6.07) is 3.65. The Balaban J connectivity index is 1.74. The Labute approximate surface area is 132 Å². The molecule has 122 valence electrons. The van der Waals surface area contributed by atoms with Crippen LogP contribution in [0.25, 0.3) is 0 Å². The van der Waals surface area contributed by atoms with Crippen molar-refractivity contribution in [3.8, 4) is 0 Å². The number of aliphatic hydroxyl groups excluding tert-OH is 1. The molecule has 3 rings (SSSR count). The quantitative estimate of drug-likeness (QED) is 0.934. The van der Waals surface area contributed by atoms with Crippen LogP contribution < -0.4 is 5.56 Å². The van der Waals surface area contributed by atoms with Crippen molar-refractivity contribution in [2.24, 2.45) is 5.92 Å². The summed E-state index contributed by atoms with van der Waals surface area (Å²) >= 11 is 0. The molecule has 1 fully saturated rings. The summed E-state index contributed by atoms with van der Waals surface area (Å²) in [5.41, 5.74) is 1.77. The minimum atomic E-state index is -0.491. The third-order valence-corrected chi connectivity index (χ3v) is 5.33. The molecule has 1 aromatic heterocycles. The molecule has 1 aliphatic heterocycles. The summed E-state index contributed by atoms with van der Waals surface area (Å²) in [5, 5.41) is 10.4. The fraction of sp³-hybridized carbons (Fsp3) is 0.722. The van der Waals surface area contributed by atoms with E-state index in [0.717, 1.165) is 36.4 Å². The van der Waals surface area contributed by atoms with E-state index in [0.29, 0.717) is 13.0 Å². The van der Waals surface area contributed by atoms with Crippen LogP contribution in [0, 0.1) is 12.8 Å². The molecule has 0 bridgehead atoms. The predicted molar refractivity (Wildman–Crippen MR) is 86.2 cm³/mol. The summed E-state index contributed by atoms with van der Waals surface area (Å²) in [6.07, 6.45) is 5.88. The normalized spacial score (nSPS) is 31.8. The van der Waals surface area contributed by atoms with Crippen molar-refractivity contribution in [3.05, 3.63) is 33.7 Å². The highest BCUT2D eigenvalue weighted by Crippen LogP contribution is 2.28. The number of ether oxygens (including phenoxy) is 1. The molecule has 1 aromatic rings. The maximum atomic E-state index is 12.5. The van der Waals surface area contributed by atoms with Gasteiger partial charge in [0.1, 0.15) is 0 Å². The van der Waals surface area contributed by atoms with Gasteiger partial charge in [-0.25, -0.2) is 0 Å². The molecular weight excluding hydrogens is 278 g/mol. The van der Waals surface area contributed by atoms with Gasteiger partial charge >= 0.3 is 0 Å². The number of aliphatic hydroxyl groups is 1. The van der Waals surface area contributed by atoms with E-state index in [1.165, 1.54) is 12.8 Å². The topological polar surface area (TPSA) is 51.5 Å². The van der Waals surface area contributed by atoms with Crippen LogP contribution in [0.1, 0.15) is 56.3 Å². The summed E-state index contributed by atoms with van der Waals surface area (Å²) in [4.78, 5) is 12.5. The molecule has 0 spiro atoms. The first-order valence-corrected chi connectivity index (χ1v) is 8.57. The van der Waals surface area contributed by atoms with Crippen LogP contribution in [0.5, 0.6) is 0 Å². The van der Waals surface area contributed by atoms with Gasteiger partial charge in [0.2, 0.25) is 0 Å². The number of fused-ring (bicyclic) bond motifs is 1. The van der Waals surface area contributed by atoms with Crippen LogP contribution in [-0.4, -0.2) is 28.5 Å². The second kappa shape index (κ2) is 6.55. The van der Waals surface area contributed by atoms with E-state index < -0.39 is 6.10 Å². The molecule has 2 heterocycles. The van der Waals surface area contributed by atoms with Gasteiger partial charge in [-0.1, -0.05) is 13.0 Å². The number of aromatic nitrogens is 1. The zero-order chi connectivity index (χ0) is 15.7. The van der Waals surface area contributed by atoms with Crippen LogP contribution in [0.2, 0.25) is 0 Å². The van der Waals surface area contributed by atoms with Crippen LogP contribution in [0.15, 0.2) is 16.9 Å². The van der Waals surface area contributed by atoms with Crippen molar-refractivity contribution >= 4 is 0 Å². The van der Waals surface area contributed by atoms with E-state index >= 15 is 0 Å². The van der Waals surface area contributed by atoms with E-state index in [9.17, 15) is 9.90 Å². The van der Waals surface area contributed by atoms with E-state index in [1.807, 2.05) is 19.1 Å². The molecule has 0 saturated heterocycles. The lowest BCUT2D eigenvalue weighted by Crippen LogP contribution is -2.42. The Morgan fingerprint density at radius 1 is 1.23 bits per heavy atom. The molecular formula is C18H27NO3. The average Bonchev–Trinajstić information content (AvgIpc) is 2.52. The van der Waals surface area contributed by atoms with Crippen molar-refractivity contribution in [2.45, 2.75) is 70.6 Å². The summed E-state index contributed by atoms with van der Waals surface area (Å²) < 4.78 is 7.85. The van der Waals surface area contributed by atoms with Crippen LogP contribution in [0.4, 0.5) is 0 Å². The monoisotopic (exact) mass is 305 g/mol. The predicted octanol–water partition coefficient (Wildman–Crippen LogP) is 2.60. The Bertz CT molecular complexity index is 572. The largest absolute Gasteiger partial charge is 0.391 e. The zero-order valence-corrected chi connectivity index (χ0v) is 13.6. The van der Waals surface area contributed by atoms with E-state index in [4.69, 9.17) is 4.74 Å². The number of nitrogens with zero attached hydrogens (tertiary/aromatic N) is 1. The van der Waals surface area contributed by atoms with Crippen molar-refractivity contribution in [1.29, 1.82) is 0 Å². The van der Waals surface area contributed by atoms with Crippen LogP contribution >= 0.6 is 0 Å². The maximum Gasteiger partial charge on any atom is 0.254 e. The first-order valence-electron chi connectivity index (χ1n) is 8.57. The van der Waals surface area contributed by atoms with Gasteiger partial charge in [0.05, 0.1) is 24.9 Å². The van der Waals surface area contributed by atoms with Gasteiger partial charge in [0.25, 0.3) is 5.56 Å². The van der Waals surface area contributed by atoms with Gasteiger partial charge in [0, 0.05) is 11.3 Å². The Kier molecular flexibility index (Phi) is 4.69. The second-order valence-corrected chi connectivity index (χ2v) is 7.07. The lowest BCUT2D eigenvalue weighted by molar-refractivity contribution is -0.0320. The fourth-order valence-electron chi connectivity index (χ4n) is 3.74. The highest BCUT2D eigenvalue weighted by molar-refractivity contribution is 5.18. The maximum absolute atomic E-state index is 12.5. The molecule has 0 aromatic carbocycles.